The number of hydrogen-bond acceptors (Lipinski definition) is 2. The summed E-state index contributed by atoms with van der Waals surface area (Å²) in [4.78, 5) is 4.68. The monoisotopic (exact) mass is 237 g/mol. The van der Waals surface area contributed by atoms with Gasteiger partial charge in [-0.1, -0.05) is 36.4 Å². The number of methoxy groups -OCH3 is 1. The van der Waals surface area contributed by atoms with E-state index in [9.17, 15) is 0 Å². The average Bonchev–Trinajstić information content (AvgIpc) is 2.47. The number of fused-ring (bicyclic) bond motifs is 1. The van der Waals surface area contributed by atoms with E-state index in [1.54, 1.807) is 7.11 Å². The van der Waals surface area contributed by atoms with Crippen LogP contribution in [-0.2, 0) is 6.42 Å². The second kappa shape index (κ2) is 4.65. The Balaban J connectivity index is 2.11. The van der Waals surface area contributed by atoms with Gasteiger partial charge >= 0.3 is 0 Å². The molecular weight excluding hydrogens is 222 g/mol. The van der Waals surface area contributed by atoms with E-state index in [2.05, 4.69) is 29.3 Å². The summed E-state index contributed by atoms with van der Waals surface area (Å²) < 4.78 is 5.31. The molecule has 2 heteroatoms. The summed E-state index contributed by atoms with van der Waals surface area (Å²) in [5, 5.41) is 0. The van der Waals surface area contributed by atoms with Crippen molar-refractivity contribution in [3.63, 3.8) is 0 Å². The van der Waals surface area contributed by atoms with Crippen molar-refractivity contribution < 1.29 is 4.74 Å². The lowest BCUT2D eigenvalue weighted by molar-refractivity contribution is 0.414. The van der Waals surface area contributed by atoms with Crippen molar-refractivity contribution in [1.82, 2.24) is 0 Å². The van der Waals surface area contributed by atoms with Gasteiger partial charge in [0.15, 0.2) is 0 Å². The lowest BCUT2D eigenvalue weighted by Crippen LogP contribution is -2.14. The summed E-state index contributed by atoms with van der Waals surface area (Å²) >= 11 is 0. The van der Waals surface area contributed by atoms with Crippen molar-refractivity contribution in [2.24, 2.45) is 4.99 Å². The van der Waals surface area contributed by atoms with Crippen molar-refractivity contribution in [2.45, 2.75) is 6.42 Å². The third kappa shape index (κ3) is 1.90. The van der Waals surface area contributed by atoms with E-state index in [0.717, 1.165) is 24.4 Å². The second-order valence-electron chi connectivity index (χ2n) is 4.37. The number of ether oxygens (including phenoxy) is 1. The molecule has 90 valence electrons. The van der Waals surface area contributed by atoms with Gasteiger partial charge in [0, 0.05) is 17.7 Å². The third-order valence-electron chi connectivity index (χ3n) is 3.27. The number of hydrogen-bond donors (Lipinski definition) is 0. The highest BCUT2D eigenvalue weighted by Crippen LogP contribution is 2.24. The summed E-state index contributed by atoms with van der Waals surface area (Å²) in [6.07, 6.45) is 1.01. The summed E-state index contributed by atoms with van der Waals surface area (Å²) in [5.74, 6) is 0.888. The second-order valence-corrected chi connectivity index (χ2v) is 4.37. The zero-order valence-corrected chi connectivity index (χ0v) is 10.4. The molecule has 2 aromatic rings. The molecule has 2 nitrogen and oxygen atoms in total. The molecule has 0 unspecified atom stereocenters. The maximum absolute atomic E-state index is 5.31. The Morgan fingerprint density at radius 3 is 2.67 bits per heavy atom. The number of rotatable bonds is 2. The van der Waals surface area contributed by atoms with Crippen molar-refractivity contribution in [3.8, 4) is 5.75 Å². The first kappa shape index (κ1) is 11.0. The first-order chi connectivity index (χ1) is 8.88. The number of aliphatic imine (C=N–C) groups is 1. The normalized spacial score (nSPS) is 13.7. The van der Waals surface area contributed by atoms with Crippen LogP contribution in [0.25, 0.3) is 0 Å². The molecular formula is C16H15NO. The molecule has 1 heterocycles. The fraction of sp³-hybridized carbons (Fsp3) is 0.188. The Morgan fingerprint density at radius 2 is 1.89 bits per heavy atom. The van der Waals surface area contributed by atoms with Gasteiger partial charge in [-0.15, -0.1) is 0 Å². The van der Waals surface area contributed by atoms with Crippen LogP contribution in [-0.4, -0.2) is 19.4 Å². The predicted octanol–water partition coefficient (Wildman–Crippen LogP) is 3.09. The van der Waals surface area contributed by atoms with E-state index >= 15 is 0 Å². The molecule has 1 aliphatic heterocycles. The van der Waals surface area contributed by atoms with Crippen molar-refractivity contribution in [3.05, 3.63) is 65.2 Å². The lowest BCUT2D eigenvalue weighted by Gasteiger charge is -2.18. The first-order valence-electron chi connectivity index (χ1n) is 6.15. The van der Waals surface area contributed by atoms with Gasteiger partial charge in [-0.3, -0.25) is 4.99 Å². The zero-order chi connectivity index (χ0) is 12.4. The topological polar surface area (TPSA) is 21.6 Å². The van der Waals surface area contributed by atoms with Crippen LogP contribution in [0.3, 0.4) is 0 Å². The molecule has 0 saturated heterocycles. The Kier molecular flexibility index (Phi) is 2.85. The smallest absolute Gasteiger partial charge is 0.119 e. The van der Waals surface area contributed by atoms with Gasteiger partial charge in [0.05, 0.1) is 12.8 Å². The minimum absolute atomic E-state index is 0.865. The summed E-state index contributed by atoms with van der Waals surface area (Å²) in [5.41, 5.74) is 4.80. The minimum atomic E-state index is 0.865. The van der Waals surface area contributed by atoms with Crippen LogP contribution in [0, 0.1) is 0 Å². The highest BCUT2D eigenvalue weighted by Gasteiger charge is 2.16. The van der Waals surface area contributed by atoms with Gasteiger partial charge in [0.2, 0.25) is 0 Å². The van der Waals surface area contributed by atoms with Crippen molar-refractivity contribution >= 4 is 5.71 Å². The molecule has 0 amide bonds. The quantitative estimate of drug-likeness (QED) is 0.786. The first-order valence-corrected chi connectivity index (χ1v) is 6.15. The SMILES string of the molecule is COc1ccc2c(c1)C(c1ccccc1)=NCC2. The zero-order valence-electron chi connectivity index (χ0n) is 10.4. The molecule has 0 aromatic heterocycles. The molecule has 18 heavy (non-hydrogen) atoms. The van der Waals surface area contributed by atoms with Crippen LogP contribution in [0.1, 0.15) is 16.7 Å². The van der Waals surface area contributed by atoms with Gasteiger partial charge in [0.25, 0.3) is 0 Å². The third-order valence-corrected chi connectivity index (χ3v) is 3.27. The largest absolute Gasteiger partial charge is 0.497 e. The average molecular weight is 237 g/mol. The number of nitrogens with zero attached hydrogens (tertiary/aromatic N) is 1. The molecule has 3 rings (SSSR count). The van der Waals surface area contributed by atoms with Gasteiger partial charge in [-0.2, -0.15) is 0 Å². The van der Waals surface area contributed by atoms with Gasteiger partial charge < -0.3 is 4.74 Å². The molecule has 0 bridgehead atoms. The molecule has 0 atom stereocenters. The van der Waals surface area contributed by atoms with E-state index in [-0.39, 0.29) is 0 Å². The summed E-state index contributed by atoms with van der Waals surface area (Å²) in [7, 11) is 1.70. The Bertz CT molecular complexity index is 587. The number of benzene rings is 2. The molecule has 0 spiro atoms. The molecule has 0 radical (unpaired) electrons. The minimum Gasteiger partial charge on any atom is -0.497 e. The molecule has 0 aliphatic carbocycles. The highest BCUT2D eigenvalue weighted by molar-refractivity contribution is 6.14. The molecule has 0 fully saturated rings. The van der Waals surface area contributed by atoms with Crippen LogP contribution >= 0.6 is 0 Å². The van der Waals surface area contributed by atoms with E-state index in [1.165, 1.54) is 16.7 Å². The molecule has 0 saturated carbocycles. The van der Waals surface area contributed by atoms with Crippen molar-refractivity contribution in [1.29, 1.82) is 0 Å². The van der Waals surface area contributed by atoms with Crippen LogP contribution in [0.15, 0.2) is 53.5 Å². The maximum Gasteiger partial charge on any atom is 0.119 e. The van der Waals surface area contributed by atoms with Gasteiger partial charge in [0.1, 0.15) is 5.75 Å². The van der Waals surface area contributed by atoms with Crippen LogP contribution in [0.5, 0.6) is 5.75 Å². The fourth-order valence-corrected chi connectivity index (χ4v) is 2.34. The molecule has 0 N–H and O–H groups in total. The van der Waals surface area contributed by atoms with Crippen LogP contribution in [0.4, 0.5) is 0 Å². The van der Waals surface area contributed by atoms with E-state index < -0.39 is 0 Å². The van der Waals surface area contributed by atoms with Gasteiger partial charge in [-0.25, -0.2) is 0 Å². The van der Waals surface area contributed by atoms with E-state index in [1.807, 2.05) is 24.3 Å². The Labute approximate surface area is 107 Å². The summed E-state index contributed by atoms with van der Waals surface area (Å²) in [6.45, 7) is 0.865. The summed E-state index contributed by atoms with van der Waals surface area (Å²) in [6, 6.07) is 16.6. The highest BCUT2D eigenvalue weighted by atomic mass is 16.5. The van der Waals surface area contributed by atoms with Crippen LogP contribution < -0.4 is 4.74 Å². The lowest BCUT2D eigenvalue weighted by atomic mass is 9.93. The van der Waals surface area contributed by atoms with E-state index in [0.29, 0.717) is 0 Å². The Hall–Kier alpha value is -2.09. The molecule has 1 aliphatic rings. The standard InChI is InChI=1S/C16H15NO/c1-18-14-8-7-12-9-10-17-16(15(12)11-14)13-5-3-2-4-6-13/h2-8,11H,9-10H2,1H3. The van der Waals surface area contributed by atoms with E-state index in [4.69, 9.17) is 4.74 Å². The van der Waals surface area contributed by atoms with Crippen molar-refractivity contribution in [2.75, 3.05) is 13.7 Å². The Morgan fingerprint density at radius 1 is 1.06 bits per heavy atom. The predicted molar refractivity (Wildman–Crippen MR) is 73.6 cm³/mol. The van der Waals surface area contributed by atoms with Crippen LogP contribution in [0.2, 0.25) is 0 Å². The maximum atomic E-state index is 5.31. The van der Waals surface area contributed by atoms with Gasteiger partial charge in [-0.05, 0) is 24.1 Å². The molecule has 2 aromatic carbocycles. The fourth-order valence-electron chi connectivity index (χ4n) is 2.34.